The van der Waals surface area contributed by atoms with E-state index in [1.54, 1.807) is 12.3 Å². The number of nitrogens with one attached hydrogen (secondary N) is 1. The standard InChI is InChI=1S/C16H24N8O/c1-22(2)16(15-19-20-21-24(15)12-5-3-4-6-12)8-10-23(11-16)14(25)13-7-9-17-18-13/h7,9,12H,3-6,8,10-11H2,1-2H3,(H,17,18). The Morgan fingerprint density at radius 1 is 1.36 bits per heavy atom. The Kier molecular flexibility index (Phi) is 4.03. The predicted octanol–water partition coefficient (Wildman–Crippen LogP) is 0.814. The predicted molar refractivity (Wildman–Crippen MR) is 89.8 cm³/mol. The highest BCUT2D eigenvalue weighted by Crippen LogP contribution is 2.38. The molecule has 134 valence electrons. The van der Waals surface area contributed by atoms with Crippen LogP contribution in [0.15, 0.2) is 12.3 Å². The van der Waals surface area contributed by atoms with E-state index in [4.69, 9.17) is 0 Å². The number of nitrogens with zero attached hydrogens (tertiary/aromatic N) is 7. The van der Waals surface area contributed by atoms with Crippen LogP contribution >= 0.6 is 0 Å². The summed E-state index contributed by atoms with van der Waals surface area (Å²) in [6.45, 7) is 1.25. The number of rotatable bonds is 4. The third-order valence-electron chi connectivity index (χ3n) is 5.70. The zero-order valence-electron chi connectivity index (χ0n) is 14.7. The Morgan fingerprint density at radius 3 is 2.84 bits per heavy atom. The van der Waals surface area contributed by atoms with Crippen molar-refractivity contribution < 1.29 is 4.79 Å². The summed E-state index contributed by atoms with van der Waals surface area (Å²) in [6.07, 6.45) is 7.11. The first kappa shape index (κ1) is 16.2. The average Bonchev–Trinajstić information content (AvgIpc) is 3.42. The lowest BCUT2D eigenvalue weighted by atomic mass is 9.95. The Labute approximate surface area is 146 Å². The molecular weight excluding hydrogens is 320 g/mol. The summed E-state index contributed by atoms with van der Waals surface area (Å²) in [7, 11) is 4.08. The summed E-state index contributed by atoms with van der Waals surface area (Å²) in [6, 6.07) is 2.08. The third kappa shape index (κ3) is 2.62. The molecule has 1 atom stereocenters. The monoisotopic (exact) mass is 344 g/mol. The number of carbonyl (C=O) groups is 1. The summed E-state index contributed by atoms with van der Waals surface area (Å²) in [4.78, 5) is 16.7. The number of hydrogen-bond donors (Lipinski definition) is 1. The van der Waals surface area contributed by atoms with E-state index in [2.05, 4.69) is 30.6 Å². The normalized spacial score (nSPS) is 24.5. The van der Waals surface area contributed by atoms with Gasteiger partial charge in [0, 0.05) is 19.3 Å². The second-order valence-corrected chi connectivity index (χ2v) is 7.26. The van der Waals surface area contributed by atoms with Gasteiger partial charge in [-0.2, -0.15) is 5.10 Å². The maximum atomic E-state index is 12.7. The van der Waals surface area contributed by atoms with Crippen LogP contribution in [-0.2, 0) is 5.54 Å². The van der Waals surface area contributed by atoms with Crippen LogP contribution in [0.4, 0.5) is 0 Å². The van der Waals surface area contributed by atoms with Crippen LogP contribution in [-0.4, -0.2) is 73.3 Å². The van der Waals surface area contributed by atoms with Crippen LogP contribution in [0.2, 0.25) is 0 Å². The third-order valence-corrected chi connectivity index (χ3v) is 5.70. The number of tetrazole rings is 1. The molecular formula is C16H24N8O. The van der Waals surface area contributed by atoms with Gasteiger partial charge in [-0.3, -0.25) is 14.8 Å². The van der Waals surface area contributed by atoms with E-state index in [0.717, 1.165) is 25.1 Å². The van der Waals surface area contributed by atoms with Gasteiger partial charge in [-0.05, 0) is 49.9 Å². The van der Waals surface area contributed by atoms with Gasteiger partial charge in [0.15, 0.2) is 5.82 Å². The van der Waals surface area contributed by atoms with Gasteiger partial charge in [0.1, 0.15) is 11.2 Å². The first-order chi connectivity index (χ1) is 12.1. The van der Waals surface area contributed by atoms with E-state index in [-0.39, 0.29) is 11.4 Å². The van der Waals surface area contributed by atoms with Gasteiger partial charge in [0.2, 0.25) is 0 Å². The van der Waals surface area contributed by atoms with Crippen molar-refractivity contribution in [2.75, 3.05) is 27.2 Å². The zero-order chi connectivity index (χ0) is 17.4. The molecule has 1 amide bonds. The fourth-order valence-electron chi connectivity index (χ4n) is 4.15. The second kappa shape index (κ2) is 6.21. The summed E-state index contributed by atoms with van der Waals surface area (Å²) in [5.74, 6) is 0.852. The molecule has 0 spiro atoms. The second-order valence-electron chi connectivity index (χ2n) is 7.26. The molecule has 9 heteroatoms. The molecule has 1 unspecified atom stereocenters. The number of carbonyl (C=O) groups excluding carboxylic acids is 1. The Morgan fingerprint density at radius 2 is 2.16 bits per heavy atom. The number of aromatic nitrogens is 6. The van der Waals surface area contributed by atoms with Gasteiger partial charge in [0.05, 0.1) is 6.04 Å². The van der Waals surface area contributed by atoms with E-state index in [1.165, 1.54) is 12.8 Å². The smallest absolute Gasteiger partial charge is 0.271 e. The van der Waals surface area contributed by atoms with E-state index in [1.807, 2.05) is 23.7 Å². The molecule has 0 bridgehead atoms. The highest BCUT2D eigenvalue weighted by molar-refractivity contribution is 5.92. The lowest BCUT2D eigenvalue weighted by Crippen LogP contribution is -2.47. The highest BCUT2D eigenvalue weighted by atomic mass is 16.2. The van der Waals surface area contributed by atoms with Crippen molar-refractivity contribution in [3.63, 3.8) is 0 Å². The SMILES string of the molecule is CN(C)C1(c2nnnn2C2CCCC2)CCN(C(=O)c2ccn[nH]2)C1. The summed E-state index contributed by atoms with van der Waals surface area (Å²) >= 11 is 0. The maximum absolute atomic E-state index is 12.7. The van der Waals surface area contributed by atoms with Crippen LogP contribution in [0, 0.1) is 0 Å². The summed E-state index contributed by atoms with van der Waals surface area (Å²) in [5.41, 5.74) is 0.159. The number of hydrogen-bond acceptors (Lipinski definition) is 6. The molecule has 1 aliphatic carbocycles. The Balaban J connectivity index is 1.64. The van der Waals surface area contributed by atoms with Crippen molar-refractivity contribution in [3.8, 4) is 0 Å². The number of amides is 1. The largest absolute Gasteiger partial charge is 0.335 e. The van der Waals surface area contributed by atoms with E-state index >= 15 is 0 Å². The maximum Gasteiger partial charge on any atom is 0.271 e. The van der Waals surface area contributed by atoms with E-state index < -0.39 is 0 Å². The molecule has 0 aromatic carbocycles. The zero-order valence-corrected chi connectivity index (χ0v) is 14.7. The van der Waals surface area contributed by atoms with Crippen LogP contribution in [0.1, 0.15) is 54.5 Å². The van der Waals surface area contributed by atoms with Gasteiger partial charge < -0.3 is 4.90 Å². The fraction of sp³-hybridized carbons (Fsp3) is 0.688. The van der Waals surface area contributed by atoms with Gasteiger partial charge in [-0.25, -0.2) is 4.68 Å². The van der Waals surface area contributed by atoms with Crippen molar-refractivity contribution in [1.82, 2.24) is 40.2 Å². The quantitative estimate of drug-likeness (QED) is 0.882. The molecule has 0 radical (unpaired) electrons. The summed E-state index contributed by atoms with van der Waals surface area (Å²) < 4.78 is 2.01. The number of aromatic amines is 1. The molecule has 2 aromatic rings. The minimum Gasteiger partial charge on any atom is -0.335 e. The van der Waals surface area contributed by atoms with Crippen molar-refractivity contribution in [2.45, 2.75) is 43.7 Å². The number of H-pyrrole nitrogens is 1. The van der Waals surface area contributed by atoms with E-state index in [9.17, 15) is 4.79 Å². The molecule has 1 N–H and O–H groups in total. The lowest BCUT2D eigenvalue weighted by molar-refractivity contribution is 0.0732. The Bertz CT molecular complexity index is 733. The highest BCUT2D eigenvalue weighted by Gasteiger charge is 2.48. The summed E-state index contributed by atoms with van der Waals surface area (Å²) in [5, 5.41) is 19.3. The lowest BCUT2D eigenvalue weighted by Gasteiger charge is -2.35. The molecule has 25 heavy (non-hydrogen) atoms. The molecule has 2 aromatic heterocycles. The minimum atomic E-state index is -0.359. The van der Waals surface area contributed by atoms with Gasteiger partial charge in [-0.1, -0.05) is 12.8 Å². The Hall–Kier alpha value is -2.29. The molecule has 1 aliphatic heterocycles. The molecule has 2 fully saturated rings. The fourth-order valence-corrected chi connectivity index (χ4v) is 4.15. The van der Waals surface area contributed by atoms with Crippen molar-refractivity contribution in [2.24, 2.45) is 0 Å². The van der Waals surface area contributed by atoms with Gasteiger partial charge in [-0.15, -0.1) is 5.10 Å². The van der Waals surface area contributed by atoms with Crippen LogP contribution in [0.3, 0.4) is 0 Å². The average molecular weight is 344 g/mol. The first-order valence-electron chi connectivity index (χ1n) is 8.86. The first-order valence-corrected chi connectivity index (χ1v) is 8.86. The molecule has 9 nitrogen and oxygen atoms in total. The molecule has 1 saturated carbocycles. The topological polar surface area (TPSA) is 95.8 Å². The molecule has 3 heterocycles. The number of likely N-dealkylation sites (N-methyl/N-ethyl adjacent to an activating group) is 1. The van der Waals surface area contributed by atoms with E-state index in [0.29, 0.717) is 24.8 Å². The van der Waals surface area contributed by atoms with Gasteiger partial charge >= 0.3 is 0 Å². The van der Waals surface area contributed by atoms with Crippen molar-refractivity contribution >= 4 is 5.91 Å². The van der Waals surface area contributed by atoms with Crippen molar-refractivity contribution in [3.05, 3.63) is 23.8 Å². The molecule has 1 saturated heterocycles. The van der Waals surface area contributed by atoms with Crippen molar-refractivity contribution in [1.29, 1.82) is 0 Å². The van der Waals surface area contributed by atoms with Crippen LogP contribution < -0.4 is 0 Å². The van der Waals surface area contributed by atoms with Crippen LogP contribution in [0.5, 0.6) is 0 Å². The number of likely N-dealkylation sites (tertiary alicyclic amines) is 1. The molecule has 2 aliphatic rings. The van der Waals surface area contributed by atoms with Gasteiger partial charge in [0.25, 0.3) is 5.91 Å². The minimum absolute atomic E-state index is 0.0267. The molecule has 4 rings (SSSR count). The van der Waals surface area contributed by atoms with Crippen LogP contribution in [0.25, 0.3) is 0 Å².